The zero-order valence-corrected chi connectivity index (χ0v) is 11.6. The molecule has 7 heteroatoms. The van der Waals surface area contributed by atoms with E-state index >= 15 is 0 Å². The number of fused-ring (bicyclic) bond motifs is 1. The van der Waals surface area contributed by atoms with Crippen LogP contribution in [0, 0.1) is 5.82 Å². The molecule has 0 aliphatic carbocycles. The van der Waals surface area contributed by atoms with Gasteiger partial charge >= 0.3 is 6.18 Å². The number of hydrogen-bond acceptors (Lipinski definition) is 3. The number of hydrogen-bond donors (Lipinski definition) is 1. The second-order valence-corrected chi connectivity index (χ2v) is 5.19. The van der Waals surface area contributed by atoms with E-state index in [0.717, 1.165) is 0 Å². The van der Waals surface area contributed by atoms with E-state index in [1.807, 2.05) is 0 Å². The van der Waals surface area contributed by atoms with E-state index in [1.165, 1.54) is 12.1 Å². The van der Waals surface area contributed by atoms with Gasteiger partial charge in [-0.15, -0.1) is 0 Å². The Labute approximate surface area is 124 Å². The summed E-state index contributed by atoms with van der Waals surface area (Å²) in [5, 5.41) is 3.38. The lowest BCUT2D eigenvalue weighted by Crippen LogP contribution is -2.34. The molecule has 3 nitrogen and oxygen atoms in total. The maximum Gasteiger partial charge on any atom is 0.436 e. The van der Waals surface area contributed by atoms with Crippen molar-refractivity contribution >= 4 is 10.9 Å². The van der Waals surface area contributed by atoms with Crippen molar-refractivity contribution in [3.63, 3.8) is 0 Å². The molecule has 2 heterocycles. The zero-order valence-electron chi connectivity index (χ0n) is 11.6. The van der Waals surface area contributed by atoms with Crippen LogP contribution in [-0.2, 0) is 6.18 Å². The first-order valence-electron chi connectivity index (χ1n) is 6.99. The van der Waals surface area contributed by atoms with E-state index in [2.05, 4.69) is 10.3 Å². The molecule has 0 bridgehead atoms. The number of rotatable bonds is 2. The summed E-state index contributed by atoms with van der Waals surface area (Å²) >= 11 is 0. The number of nitrogens with zero attached hydrogens (tertiary/aromatic N) is 1. The van der Waals surface area contributed by atoms with Crippen molar-refractivity contribution in [1.82, 2.24) is 10.3 Å². The predicted molar refractivity (Wildman–Crippen MR) is 73.2 cm³/mol. The normalized spacial score (nSPS) is 16.9. The Morgan fingerprint density at radius 2 is 1.82 bits per heavy atom. The van der Waals surface area contributed by atoms with Crippen LogP contribution in [0.25, 0.3) is 10.9 Å². The van der Waals surface area contributed by atoms with Gasteiger partial charge in [-0.05, 0) is 38.1 Å². The highest BCUT2D eigenvalue weighted by atomic mass is 19.4. The minimum atomic E-state index is -4.86. The quantitative estimate of drug-likeness (QED) is 0.861. The van der Waals surface area contributed by atoms with Crippen LogP contribution in [0.1, 0.15) is 18.5 Å². The molecular weight excluding hydrogens is 300 g/mol. The SMILES string of the molecule is Fc1c(C(F)(F)F)nc2ccccc2c1OC1CCNCC1. The average molecular weight is 314 g/mol. The number of halogens is 4. The summed E-state index contributed by atoms with van der Waals surface area (Å²) < 4.78 is 58.8. The van der Waals surface area contributed by atoms with Gasteiger partial charge < -0.3 is 10.1 Å². The number of ether oxygens (including phenoxy) is 1. The molecule has 3 rings (SSSR count). The lowest BCUT2D eigenvalue weighted by molar-refractivity contribution is -0.143. The molecule has 0 atom stereocenters. The van der Waals surface area contributed by atoms with Crippen LogP contribution < -0.4 is 10.1 Å². The standard InChI is InChI=1S/C15H14F4N2O/c16-12-13(22-9-5-7-20-8-6-9)10-3-1-2-4-11(10)21-14(12)15(17,18)19/h1-4,9,20H,5-8H2. The molecule has 1 aliphatic rings. The Kier molecular flexibility index (Phi) is 3.90. The minimum Gasteiger partial charge on any atom is -0.486 e. The van der Waals surface area contributed by atoms with Crippen molar-refractivity contribution in [2.45, 2.75) is 25.1 Å². The lowest BCUT2D eigenvalue weighted by Gasteiger charge is -2.25. The third kappa shape index (κ3) is 2.85. The highest BCUT2D eigenvalue weighted by molar-refractivity contribution is 5.85. The minimum absolute atomic E-state index is 0.0696. The molecule has 0 unspecified atom stereocenters. The van der Waals surface area contributed by atoms with Crippen LogP contribution in [0.15, 0.2) is 24.3 Å². The van der Waals surface area contributed by atoms with Gasteiger partial charge in [-0.3, -0.25) is 0 Å². The molecule has 1 aromatic carbocycles. The fourth-order valence-electron chi connectivity index (χ4n) is 2.54. The molecule has 2 aromatic rings. The molecule has 0 amide bonds. The van der Waals surface area contributed by atoms with Gasteiger partial charge in [0.25, 0.3) is 0 Å². The smallest absolute Gasteiger partial charge is 0.436 e. The van der Waals surface area contributed by atoms with Gasteiger partial charge in [-0.25, -0.2) is 9.37 Å². The van der Waals surface area contributed by atoms with E-state index in [1.54, 1.807) is 12.1 Å². The third-order valence-electron chi connectivity index (χ3n) is 3.63. The first kappa shape index (κ1) is 15.0. The number of pyridine rings is 1. The van der Waals surface area contributed by atoms with Crippen molar-refractivity contribution in [3.05, 3.63) is 35.8 Å². The van der Waals surface area contributed by atoms with E-state index in [-0.39, 0.29) is 22.8 Å². The van der Waals surface area contributed by atoms with Crippen LogP contribution >= 0.6 is 0 Å². The summed E-state index contributed by atoms with van der Waals surface area (Å²) in [6, 6.07) is 6.11. The van der Waals surface area contributed by atoms with Gasteiger partial charge in [0.2, 0.25) is 0 Å². The molecule has 0 radical (unpaired) electrons. The molecule has 22 heavy (non-hydrogen) atoms. The van der Waals surface area contributed by atoms with E-state index in [0.29, 0.717) is 25.9 Å². The summed E-state index contributed by atoms with van der Waals surface area (Å²) in [6.07, 6.45) is -3.92. The molecule has 1 N–H and O–H groups in total. The Bertz CT molecular complexity index is 681. The number of nitrogens with one attached hydrogen (secondary N) is 1. The largest absolute Gasteiger partial charge is 0.486 e. The van der Waals surface area contributed by atoms with Gasteiger partial charge in [0.15, 0.2) is 17.3 Å². The van der Waals surface area contributed by atoms with Crippen molar-refractivity contribution in [2.75, 3.05) is 13.1 Å². The summed E-state index contributed by atoms with van der Waals surface area (Å²) in [4.78, 5) is 3.41. The Balaban J connectivity index is 2.10. The van der Waals surface area contributed by atoms with Crippen molar-refractivity contribution < 1.29 is 22.3 Å². The molecule has 1 fully saturated rings. The Morgan fingerprint density at radius 3 is 2.50 bits per heavy atom. The van der Waals surface area contributed by atoms with Crippen molar-refractivity contribution in [2.24, 2.45) is 0 Å². The fourth-order valence-corrected chi connectivity index (χ4v) is 2.54. The van der Waals surface area contributed by atoms with Crippen molar-refractivity contribution in [3.8, 4) is 5.75 Å². The topological polar surface area (TPSA) is 34.1 Å². The first-order valence-corrected chi connectivity index (χ1v) is 6.99. The number of para-hydroxylation sites is 1. The predicted octanol–water partition coefficient (Wildman–Crippen LogP) is 3.52. The molecule has 1 aromatic heterocycles. The third-order valence-corrected chi connectivity index (χ3v) is 3.63. The first-order chi connectivity index (χ1) is 10.5. The number of aromatic nitrogens is 1. The van der Waals surface area contributed by atoms with Crippen LogP contribution in [0.4, 0.5) is 17.6 Å². The van der Waals surface area contributed by atoms with E-state index < -0.39 is 17.7 Å². The maximum absolute atomic E-state index is 14.3. The highest BCUT2D eigenvalue weighted by Gasteiger charge is 2.39. The maximum atomic E-state index is 14.3. The van der Waals surface area contributed by atoms with Gasteiger partial charge in [-0.2, -0.15) is 13.2 Å². The molecule has 1 saturated heterocycles. The summed E-state index contributed by atoms with van der Waals surface area (Å²) in [7, 11) is 0. The monoisotopic (exact) mass is 314 g/mol. The van der Waals surface area contributed by atoms with E-state index in [4.69, 9.17) is 4.74 Å². The number of piperidine rings is 1. The Hall–Kier alpha value is -1.89. The van der Waals surface area contributed by atoms with Gasteiger partial charge in [0.1, 0.15) is 6.10 Å². The van der Waals surface area contributed by atoms with Crippen LogP contribution in [-0.4, -0.2) is 24.2 Å². The molecule has 118 valence electrons. The molecular formula is C15H14F4N2O. The average Bonchev–Trinajstić information content (AvgIpc) is 2.50. The van der Waals surface area contributed by atoms with Crippen LogP contribution in [0.3, 0.4) is 0 Å². The van der Waals surface area contributed by atoms with Gasteiger partial charge in [0, 0.05) is 5.39 Å². The highest BCUT2D eigenvalue weighted by Crippen LogP contribution is 2.38. The number of alkyl halides is 3. The second-order valence-electron chi connectivity index (χ2n) is 5.19. The summed E-state index contributed by atoms with van der Waals surface area (Å²) in [5.41, 5.74) is -1.46. The Morgan fingerprint density at radius 1 is 1.14 bits per heavy atom. The second kappa shape index (κ2) is 5.72. The van der Waals surface area contributed by atoms with E-state index in [9.17, 15) is 17.6 Å². The van der Waals surface area contributed by atoms with Crippen LogP contribution in [0.2, 0.25) is 0 Å². The number of benzene rings is 1. The van der Waals surface area contributed by atoms with Crippen LogP contribution in [0.5, 0.6) is 5.75 Å². The van der Waals surface area contributed by atoms with Gasteiger partial charge in [-0.1, -0.05) is 12.1 Å². The fraction of sp³-hybridized carbons (Fsp3) is 0.400. The summed E-state index contributed by atoms with van der Waals surface area (Å²) in [5.74, 6) is -1.80. The lowest BCUT2D eigenvalue weighted by atomic mass is 10.1. The summed E-state index contributed by atoms with van der Waals surface area (Å²) in [6.45, 7) is 1.39. The molecule has 0 saturated carbocycles. The molecule has 1 aliphatic heterocycles. The molecule has 0 spiro atoms. The zero-order chi connectivity index (χ0) is 15.7. The van der Waals surface area contributed by atoms with Gasteiger partial charge in [0.05, 0.1) is 5.52 Å². The van der Waals surface area contributed by atoms with Crippen molar-refractivity contribution in [1.29, 1.82) is 0 Å².